The predicted octanol–water partition coefficient (Wildman–Crippen LogP) is 2.82. The molecule has 0 radical (unpaired) electrons. The van der Waals surface area contributed by atoms with Crippen LogP contribution in [0.25, 0.3) is 0 Å². The lowest BCUT2D eigenvalue weighted by atomic mass is 10.0. The van der Waals surface area contributed by atoms with Crippen molar-refractivity contribution in [2.24, 2.45) is 5.73 Å². The number of thiol groups is 2. The van der Waals surface area contributed by atoms with Gasteiger partial charge >= 0.3 is 0 Å². The highest BCUT2D eigenvalue weighted by atomic mass is 32.1. The summed E-state index contributed by atoms with van der Waals surface area (Å²) in [5.41, 5.74) is 5.85. The molecule has 20 heavy (non-hydrogen) atoms. The second-order valence-corrected chi connectivity index (χ2v) is 9.24. The van der Waals surface area contributed by atoms with E-state index in [-0.39, 0.29) is 15.3 Å². The lowest BCUT2D eigenvalue weighted by Crippen LogP contribution is -2.64. The van der Waals surface area contributed by atoms with Gasteiger partial charge in [-0.2, -0.15) is 25.3 Å². The summed E-state index contributed by atoms with van der Waals surface area (Å²) >= 11 is 9.64. The molecule has 1 rings (SSSR count). The molecule has 2 unspecified atom stereocenters. The molecule has 0 amide bonds. The molecule has 3 nitrogen and oxygen atoms in total. The van der Waals surface area contributed by atoms with Crippen molar-refractivity contribution in [1.82, 2.24) is 9.80 Å². The van der Waals surface area contributed by atoms with Gasteiger partial charge in [0.1, 0.15) is 0 Å². The Hall–Kier alpha value is 0.580. The molecule has 120 valence electrons. The van der Waals surface area contributed by atoms with Crippen LogP contribution in [0.1, 0.15) is 53.9 Å². The van der Waals surface area contributed by atoms with Crippen LogP contribution in [0.15, 0.2) is 0 Å². The summed E-state index contributed by atoms with van der Waals surface area (Å²) in [5, 5.41) is 0. The summed E-state index contributed by atoms with van der Waals surface area (Å²) < 4.78 is -0.0294. The van der Waals surface area contributed by atoms with Crippen LogP contribution in [0, 0.1) is 0 Å². The van der Waals surface area contributed by atoms with Crippen LogP contribution in [0.4, 0.5) is 0 Å². The Morgan fingerprint density at radius 3 is 2.30 bits per heavy atom. The largest absolute Gasteiger partial charge is 0.329 e. The van der Waals surface area contributed by atoms with Crippen LogP contribution >= 0.6 is 25.3 Å². The Bertz CT molecular complexity index is 315. The lowest BCUT2D eigenvalue weighted by Gasteiger charge is -2.53. The quantitative estimate of drug-likeness (QED) is 0.631. The average molecular weight is 320 g/mol. The van der Waals surface area contributed by atoms with Gasteiger partial charge in [-0.1, -0.05) is 6.92 Å². The number of hydrogen-bond donors (Lipinski definition) is 3. The molecule has 0 saturated carbocycles. The Kier molecular flexibility index (Phi) is 6.31. The highest BCUT2D eigenvalue weighted by Gasteiger charge is 2.47. The minimum absolute atomic E-state index is 0.00757. The molecule has 1 heterocycles. The van der Waals surface area contributed by atoms with E-state index in [1.807, 2.05) is 0 Å². The number of nitrogens with zero attached hydrogens (tertiary/aromatic N) is 2. The molecular formula is C15H33N3S2. The number of rotatable bonds is 7. The number of nitrogens with two attached hydrogens (primary N) is 1. The van der Waals surface area contributed by atoms with E-state index in [1.165, 1.54) is 6.42 Å². The summed E-state index contributed by atoms with van der Waals surface area (Å²) in [4.78, 5) is 5.02. The van der Waals surface area contributed by atoms with Gasteiger partial charge in [0.25, 0.3) is 0 Å². The Labute approximate surface area is 136 Å². The second-order valence-electron chi connectivity index (χ2n) is 7.07. The van der Waals surface area contributed by atoms with Crippen LogP contribution < -0.4 is 5.73 Å². The fraction of sp³-hybridized carbons (Fsp3) is 1.00. The topological polar surface area (TPSA) is 32.5 Å². The van der Waals surface area contributed by atoms with Crippen molar-refractivity contribution in [3.8, 4) is 0 Å². The molecule has 0 aromatic heterocycles. The monoisotopic (exact) mass is 319 g/mol. The summed E-state index contributed by atoms with van der Waals surface area (Å²) in [7, 11) is 0. The third kappa shape index (κ3) is 4.29. The molecule has 1 saturated heterocycles. The molecule has 0 aromatic carbocycles. The summed E-state index contributed by atoms with van der Waals surface area (Å²) in [6.45, 7) is 14.8. The van der Waals surface area contributed by atoms with Crippen molar-refractivity contribution in [1.29, 1.82) is 0 Å². The second kappa shape index (κ2) is 6.78. The third-order valence-corrected chi connectivity index (χ3v) is 5.13. The minimum Gasteiger partial charge on any atom is -0.329 e. The first-order valence-corrected chi connectivity index (χ1v) is 8.64. The highest BCUT2D eigenvalue weighted by Crippen LogP contribution is 2.41. The maximum atomic E-state index is 5.86. The van der Waals surface area contributed by atoms with Gasteiger partial charge in [0, 0.05) is 30.9 Å². The van der Waals surface area contributed by atoms with E-state index in [2.05, 4.69) is 44.4 Å². The average Bonchev–Trinajstić information content (AvgIpc) is 2.66. The third-order valence-electron chi connectivity index (χ3n) is 4.52. The smallest absolute Gasteiger partial charge is 0.0718 e. The maximum absolute atomic E-state index is 5.86. The molecular weight excluding hydrogens is 286 g/mol. The molecule has 2 N–H and O–H groups in total. The zero-order valence-corrected chi connectivity index (χ0v) is 15.6. The first-order chi connectivity index (χ1) is 9.07. The lowest BCUT2D eigenvalue weighted by molar-refractivity contribution is -0.0631. The van der Waals surface area contributed by atoms with Gasteiger partial charge in [-0.05, 0) is 47.0 Å². The van der Waals surface area contributed by atoms with E-state index in [9.17, 15) is 0 Å². The Balaban J connectivity index is 3.03. The summed E-state index contributed by atoms with van der Waals surface area (Å²) in [5.74, 6) is 0. The van der Waals surface area contributed by atoms with Gasteiger partial charge in [-0.3, -0.25) is 9.80 Å². The van der Waals surface area contributed by atoms with Crippen molar-refractivity contribution >= 4 is 25.3 Å². The fourth-order valence-corrected chi connectivity index (χ4v) is 4.05. The first-order valence-electron chi connectivity index (χ1n) is 7.74. The molecule has 0 spiro atoms. The van der Waals surface area contributed by atoms with E-state index < -0.39 is 0 Å². The zero-order valence-electron chi connectivity index (χ0n) is 13.8. The Morgan fingerprint density at radius 1 is 1.35 bits per heavy atom. The van der Waals surface area contributed by atoms with Crippen LogP contribution in [-0.4, -0.2) is 51.3 Å². The predicted molar refractivity (Wildman–Crippen MR) is 95.7 cm³/mol. The molecule has 0 aromatic rings. The summed E-state index contributed by atoms with van der Waals surface area (Å²) in [6.07, 6.45) is 3.43. The molecule has 1 fully saturated rings. The van der Waals surface area contributed by atoms with Crippen molar-refractivity contribution in [2.75, 3.05) is 26.2 Å². The van der Waals surface area contributed by atoms with Crippen LogP contribution in [0.2, 0.25) is 0 Å². The fourth-order valence-electron chi connectivity index (χ4n) is 3.41. The molecule has 2 atom stereocenters. The van der Waals surface area contributed by atoms with E-state index in [0.717, 1.165) is 32.5 Å². The van der Waals surface area contributed by atoms with E-state index in [4.69, 9.17) is 31.0 Å². The van der Waals surface area contributed by atoms with Crippen molar-refractivity contribution in [3.05, 3.63) is 0 Å². The normalized spacial score (nSPS) is 28.1. The van der Waals surface area contributed by atoms with E-state index >= 15 is 0 Å². The van der Waals surface area contributed by atoms with Crippen LogP contribution in [-0.2, 0) is 0 Å². The van der Waals surface area contributed by atoms with Crippen molar-refractivity contribution in [2.45, 2.75) is 69.2 Å². The molecule has 0 aliphatic carbocycles. The Morgan fingerprint density at radius 2 is 1.95 bits per heavy atom. The number of likely N-dealkylation sites (tertiary alicyclic amines) is 1. The van der Waals surface area contributed by atoms with Crippen molar-refractivity contribution < 1.29 is 0 Å². The van der Waals surface area contributed by atoms with E-state index in [1.54, 1.807) is 0 Å². The highest BCUT2D eigenvalue weighted by molar-refractivity contribution is 7.82. The summed E-state index contributed by atoms with van der Waals surface area (Å²) in [6, 6.07) is 0. The maximum Gasteiger partial charge on any atom is 0.0718 e. The molecule has 1 aliphatic rings. The molecule has 5 heteroatoms. The minimum atomic E-state index is -0.0294. The van der Waals surface area contributed by atoms with Gasteiger partial charge in [0.15, 0.2) is 0 Å². The standard InChI is InChI=1S/C15H33N3S2/c1-6-14(4,18-10-7-8-15(18,5)20)17(11-9-16)12-13(2,3)19/h19-20H,6-12,16H2,1-5H3. The number of hydrogen-bond acceptors (Lipinski definition) is 5. The van der Waals surface area contributed by atoms with Gasteiger partial charge < -0.3 is 5.73 Å². The van der Waals surface area contributed by atoms with E-state index in [0.29, 0.717) is 6.54 Å². The van der Waals surface area contributed by atoms with Gasteiger partial charge in [-0.25, -0.2) is 0 Å². The van der Waals surface area contributed by atoms with Crippen LogP contribution in [0.5, 0.6) is 0 Å². The van der Waals surface area contributed by atoms with Gasteiger partial charge in [0.2, 0.25) is 0 Å². The first kappa shape index (κ1) is 18.6. The van der Waals surface area contributed by atoms with Gasteiger partial charge in [-0.15, -0.1) is 0 Å². The molecule has 0 bridgehead atoms. The van der Waals surface area contributed by atoms with Crippen molar-refractivity contribution in [3.63, 3.8) is 0 Å². The van der Waals surface area contributed by atoms with Gasteiger partial charge in [0.05, 0.1) is 10.5 Å². The SMILES string of the molecule is CCC(C)(N(CCN)CC(C)(C)S)N1CCCC1(C)S. The zero-order chi connectivity index (χ0) is 15.6. The van der Waals surface area contributed by atoms with Crippen LogP contribution in [0.3, 0.4) is 0 Å². The molecule has 1 aliphatic heterocycles.